The van der Waals surface area contributed by atoms with Crippen LogP contribution in [0.5, 0.6) is 0 Å². The van der Waals surface area contributed by atoms with Gasteiger partial charge < -0.3 is 15.1 Å². The van der Waals surface area contributed by atoms with Crippen LogP contribution in [0.25, 0.3) is 0 Å². The van der Waals surface area contributed by atoms with Gasteiger partial charge in [0, 0.05) is 0 Å². The molecule has 0 saturated heterocycles. The van der Waals surface area contributed by atoms with Crippen molar-refractivity contribution in [3.05, 3.63) is 0 Å². The summed E-state index contributed by atoms with van der Waals surface area (Å²) in [4.78, 5) is 0. The van der Waals surface area contributed by atoms with E-state index in [0.29, 0.717) is 0 Å². The molecule has 0 atom stereocenters. The maximum absolute atomic E-state index is 8.42. The standard InChI is InChI=1S/BO3.Ba.Y/c2-1(3)4;;/q-3;+2;+3. The van der Waals surface area contributed by atoms with Crippen LogP contribution in [-0.2, 0) is 32.7 Å². The normalized spacial score (nSPS) is 4.50. The number of rotatable bonds is 0. The molecular formula is BBaO3Y+2. The molecule has 0 aliphatic carbocycles. The number of hydrogen-bond donors (Lipinski definition) is 0. The number of hydrogen-bond acceptors (Lipinski definition) is 3. The van der Waals surface area contributed by atoms with Crippen molar-refractivity contribution < 1.29 is 47.8 Å². The molecule has 0 bridgehead atoms. The predicted octanol–water partition coefficient (Wildman–Crippen LogP) is -4.33. The molecule has 0 fully saturated rings. The van der Waals surface area contributed by atoms with E-state index in [-0.39, 0.29) is 81.6 Å². The molecule has 0 aliphatic heterocycles. The molecule has 6 heteroatoms. The summed E-state index contributed by atoms with van der Waals surface area (Å²) in [6, 6.07) is 0. The van der Waals surface area contributed by atoms with Gasteiger partial charge in [0.05, 0.1) is 0 Å². The summed E-state index contributed by atoms with van der Waals surface area (Å²) < 4.78 is 0. The van der Waals surface area contributed by atoms with Crippen LogP contribution in [0.4, 0.5) is 0 Å². The van der Waals surface area contributed by atoms with Crippen LogP contribution in [0, 0.1) is 0 Å². The van der Waals surface area contributed by atoms with Gasteiger partial charge in [-0.3, -0.25) is 7.32 Å². The fraction of sp³-hybridized carbons (Fsp3) is 0. The van der Waals surface area contributed by atoms with E-state index in [0.717, 1.165) is 0 Å². The molecule has 0 spiro atoms. The summed E-state index contributed by atoms with van der Waals surface area (Å²) in [5.74, 6) is 0. The summed E-state index contributed by atoms with van der Waals surface area (Å²) >= 11 is 0. The SMILES string of the molecule is [Ba+2].[O-]B([O-])[O-].[Y+3]. The van der Waals surface area contributed by atoms with Gasteiger partial charge in [-0.2, -0.15) is 0 Å². The first-order chi connectivity index (χ1) is 1.73. The van der Waals surface area contributed by atoms with Crippen molar-refractivity contribution in [2.45, 2.75) is 0 Å². The van der Waals surface area contributed by atoms with Gasteiger partial charge in [-0.25, -0.2) is 0 Å². The van der Waals surface area contributed by atoms with Crippen LogP contribution in [0.1, 0.15) is 0 Å². The summed E-state index contributed by atoms with van der Waals surface area (Å²) in [6.45, 7) is 0. The van der Waals surface area contributed by atoms with Crippen molar-refractivity contribution in [1.29, 1.82) is 0 Å². The van der Waals surface area contributed by atoms with Crippen LogP contribution in [0.3, 0.4) is 0 Å². The van der Waals surface area contributed by atoms with Crippen LogP contribution in [-0.4, -0.2) is 56.2 Å². The summed E-state index contributed by atoms with van der Waals surface area (Å²) in [5, 5.41) is 25.2. The van der Waals surface area contributed by atoms with Crippen LogP contribution >= 0.6 is 0 Å². The van der Waals surface area contributed by atoms with Crippen molar-refractivity contribution >= 4 is 56.2 Å². The van der Waals surface area contributed by atoms with E-state index in [9.17, 15) is 0 Å². The van der Waals surface area contributed by atoms with Crippen molar-refractivity contribution in [3.63, 3.8) is 0 Å². The Hall–Kier alpha value is 2.62. The summed E-state index contributed by atoms with van der Waals surface area (Å²) in [5.41, 5.74) is 0. The van der Waals surface area contributed by atoms with Gasteiger partial charge in [-0.15, -0.1) is 0 Å². The fourth-order valence-corrected chi connectivity index (χ4v) is 0. The molecule has 0 aromatic carbocycles. The second kappa shape index (κ2) is 10.6. The third-order valence-corrected chi connectivity index (χ3v) is 0. The first-order valence-corrected chi connectivity index (χ1v) is 0.707. The van der Waals surface area contributed by atoms with Crippen molar-refractivity contribution in [1.82, 2.24) is 0 Å². The van der Waals surface area contributed by atoms with E-state index in [4.69, 9.17) is 15.1 Å². The van der Waals surface area contributed by atoms with Gasteiger partial charge in [0.1, 0.15) is 0 Å². The van der Waals surface area contributed by atoms with Crippen molar-refractivity contribution in [3.8, 4) is 0 Å². The maximum Gasteiger partial charge on any atom is 3.00 e. The van der Waals surface area contributed by atoms with Gasteiger partial charge in [-0.1, -0.05) is 0 Å². The van der Waals surface area contributed by atoms with E-state index in [1.165, 1.54) is 0 Å². The van der Waals surface area contributed by atoms with E-state index in [1.807, 2.05) is 0 Å². The Morgan fingerprint density at radius 3 is 1.00 bits per heavy atom. The van der Waals surface area contributed by atoms with Gasteiger partial charge in [0.25, 0.3) is 0 Å². The molecule has 0 radical (unpaired) electrons. The van der Waals surface area contributed by atoms with E-state index in [1.54, 1.807) is 0 Å². The van der Waals surface area contributed by atoms with Crippen molar-refractivity contribution in [2.75, 3.05) is 0 Å². The third kappa shape index (κ3) is 30.5. The molecule has 0 unspecified atom stereocenters. The molecule has 0 aromatic heterocycles. The molecule has 0 rings (SSSR count). The maximum atomic E-state index is 8.42. The molecule has 0 amide bonds. The topological polar surface area (TPSA) is 69.2 Å². The third-order valence-electron chi connectivity index (χ3n) is 0. The van der Waals surface area contributed by atoms with Gasteiger partial charge in [0.15, 0.2) is 0 Å². The first kappa shape index (κ1) is 15.8. The second-order valence-corrected chi connectivity index (χ2v) is 0.289. The summed E-state index contributed by atoms with van der Waals surface area (Å²) in [6.07, 6.45) is 0. The molecule has 0 aromatic rings. The molecular weight excluding hydrogens is 285 g/mol. The van der Waals surface area contributed by atoms with E-state index in [2.05, 4.69) is 0 Å². The predicted molar refractivity (Wildman–Crippen MR) is 11.5 cm³/mol. The minimum atomic E-state index is -2.92. The molecule has 24 valence electrons. The van der Waals surface area contributed by atoms with Gasteiger partial charge >= 0.3 is 81.6 Å². The minimum Gasteiger partial charge on any atom is -0.907 e. The quantitative estimate of drug-likeness (QED) is 0.423. The van der Waals surface area contributed by atoms with Crippen LogP contribution < -0.4 is 15.1 Å². The van der Waals surface area contributed by atoms with Gasteiger partial charge in [-0.05, 0) is 0 Å². The molecule has 6 heavy (non-hydrogen) atoms. The van der Waals surface area contributed by atoms with E-state index < -0.39 is 7.32 Å². The van der Waals surface area contributed by atoms with Crippen molar-refractivity contribution in [2.24, 2.45) is 0 Å². The van der Waals surface area contributed by atoms with Gasteiger partial charge in [0.2, 0.25) is 0 Å². The average Bonchev–Trinajstić information content (AvgIpc) is 0.811. The zero-order chi connectivity index (χ0) is 3.58. The molecule has 3 nitrogen and oxygen atoms in total. The zero-order valence-corrected chi connectivity index (χ0v) is 10.4. The molecule has 0 saturated carbocycles. The smallest absolute Gasteiger partial charge is 0.907 e. The minimum absolute atomic E-state index is 0. The zero-order valence-electron chi connectivity index (χ0n) is 3.09. The Bertz CT molecular complexity index is 15.5. The summed E-state index contributed by atoms with van der Waals surface area (Å²) in [7, 11) is -2.92. The Kier molecular flexibility index (Phi) is 27.9. The Balaban J connectivity index is -0.0000000450. The monoisotopic (exact) mass is 286 g/mol. The fourth-order valence-electron chi connectivity index (χ4n) is 0. The first-order valence-electron chi connectivity index (χ1n) is 0.707. The second-order valence-electron chi connectivity index (χ2n) is 0.289. The van der Waals surface area contributed by atoms with Crippen LogP contribution in [0.15, 0.2) is 0 Å². The average molecular weight is 285 g/mol. The van der Waals surface area contributed by atoms with Crippen LogP contribution in [0.2, 0.25) is 0 Å². The van der Waals surface area contributed by atoms with E-state index >= 15 is 0 Å². The molecule has 0 N–H and O–H groups in total. The molecule has 0 aliphatic rings. The molecule has 0 heterocycles. The Morgan fingerprint density at radius 1 is 1.00 bits per heavy atom. The Labute approximate surface area is 102 Å². The largest absolute Gasteiger partial charge is 3.00 e. The Morgan fingerprint density at radius 2 is 1.00 bits per heavy atom.